The van der Waals surface area contributed by atoms with Gasteiger partial charge in [0.15, 0.2) is 5.75 Å². The van der Waals surface area contributed by atoms with Crippen LogP contribution in [0, 0.1) is 12.8 Å². The SMILES string of the molecule is COc1c(C(=O)NCCC2CCCNC2)sc(C)c1Br.Cl. The highest BCUT2D eigenvalue weighted by atomic mass is 79.9. The van der Waals surface area contributed by atoms with Crippen LogP contribution >= 0.6 is 39.7 Å². The largest absolute Gasteiger partial charge is 0.494 e. The van der Waals surface area contributed by atoms with Gasteiger partial charge in [-0.3, -0.25) is 4.79 Å². The molecule has 4 nitrogen and oxygen atoms in total. The summed E-state index contributed by atoms with van der Waals surface area (Å²) in [5.74, 6) is 1.29. The lowest BCUT2D eigenvalue weighted by atomic mass is 9.96. The van der Waals surface area contributed by atoms with Crippen LogP contribution in [0.5, 0.6) is 5.75 Å². The van der Waals surface area contributed by atoms with Gasteiger partial charge in [0.2, 0.25) is 0 Å². The number of halogens is 2. The highest BCUT2D eigenvalue weighted by molar-refractivity contribution is 9.10. The number of methoxy groups -OCH3 is 1. The maximum atomic E-state index is 12.2. The number of hydrogen-bond acceptors (Lipinski definition) is 4. The van der Waals surface area contributed by atoms with E-state index in [0.29, 0.717) is 16.5 Å². The maximum Gasteiger partial charge on any atom is 0.265 e. The number of rotatable bonds is 5. The standard InChI is InChI=1S/C14H21BrN2O2S.ClH/c1-9-11(15)12(19-2)13(20-9)14(18)17-7-5-10-4-3-6-16-8-10;/h10,16H,3-8H2,1-2H3,(H,17,18);1H. The molecule has 1 fully saturated rings. The van der Waals surface area contributed by atoms with Crippen LogP contribution in [-0.2, 0) is 0 Å². The van der Waals surface area contributed by atoms with Gasteiger partial charge in [0.05, 0.1) is 11.6 Å². The molecule has 2 heterocycles. The number of carbonyl (C=O) groups excluding carboxylic acids is 1. The third kappa shape index (κ3) is 4.84. The van der Waals surface area contributed by atoms with E-state index in [1.165, 1.54) is 24.2 Å². The number of thiophene rings is 1. The lowest BCUT2D eigenvalue weighted by molar-refractivity contribution is 0.0952. The molecule has 0 aliphatic carbocycles. The van der Waals surface area contributed by atoms with E-state index in [4.69, 9.17) is 4.74 Å². The minimum Gasteiger partial charge on any atom is -0.494 e. The van der Waals surface area contributed by atoms with Gasteiger partial charge in [0, 0.05) is 11.4 Å². The Morgan fingerprint density at radius 3 is 2.95 bits per heavy atom. The zero-order valence-electron chi connectivity index (χ0n) is 12.3. The molecule has 1 saturated heterocycles. The number of aryl methyl sites for hydroxylation is 1. The van der Waals surface area contributed by atoms with E-state index in [0.717, 1.165) is 35.4 Å². The van der Waals surface area contributed by atoms with Gasteiger partial charge in [-0.2, -0.15) is 0 Å². The summed E-state index contributed by atoms with van der Waals surface area (Å²) in [5.41, 5.74) is 0. The number of ether oxygens (including phenoxy) is 1. The number of nitrogens with one attached hydrogen (secondary N) is 2. The van der Waals surface area contributed by atoms with E-state index in [1.807, 2.05) is 6.92 Å². The van der Waals surface area contributed by atoms with E-state index < -0.39 is 0 Å². The first kappa shape index (κ1) is 18.7. The Hall–Kier alpha value is -0.300. The summed E-state index contributed by atoms with van der Waals surface area (Å²) in [6, 6.07) is 0. The van der Waals surface area contributed by atoms with Crippen molar-refractivity contribution in [3.05, 3.63) is 14.2 Å². The Balaban J connectivity index is 0.00000220. The van der Waals surface area contributed by atoms with Crippen LogP contribution in [0.25, 0.3) is 0 Å². The number of amides is 1. The normalized spacial score (nSPS) is 18.0. The highest BCUT2D eigenvalue weighted by Gasteiger charge is 2.21. The van der Waals surface area contributed by atoms with Crippen molar-refractivity contribution >= 4 is 45.6 Å². The van der Waals surface area contributed by atoms with Crippen LogP contribution in [0.15, 0.2) is 4.47 Å². The van der Waals surface area contributed by atoms with Crippen LogP contribution in [0.2, 0.25) is 0 Å². The molecule has 7 heteroatoms. The van der Waals surface area contributed by atoms with Crippen molar-refractivity contribution in [3.63, 3.8) is 0 Å². The monoisotopic (exact) mass is 396 g/mol. The summed E-state index contributed by atoms with van der Waals surface area (Å²) >= 11 is 4.92. The summed E-state index contributed by atoms with van der Waals surface area (Å²) in [7, 11) is 1.59. The maximum absolute atomic E-state index is 12.2. The van der Waals surface area contributed by atoms with Crippen LogP contribution < -0.4 is 15.4 Å². The van der Waals surface area contributed by atoms with E-state index in [9.17, 15) is 4.79 Å². The predicted molar refractivity (Wildman–Crippen MR) is 93.1 cm³/mol. The second-order valence-corrected chi connectivity index (χ2v) is 7.11. The summed E-state index contributed by atoms with van der Waals surface area (Å²) in [5, 5.41) is 6.40. The van der Waals surface area contributed by atoms with Crippen LogP contribution in [0.3, 0.4) is 0 Å². The van der Waals surface area contributed by atoms with Crippen LogP contribution in [-0.4, -0.2) is 32.7 Å². The first-order chi connectivity index (χ1) is 9.63. The molecule has 1 aliphatic heterocycles. The lowest BCUT2D eigenvalue weighted by Gasteiger charge is -2.22. The highest BCUT2D eigenvalue weighted by Crippen LogP contribution is 2.38. The summed E-state index contributed by atoms with van der Waals surface area (Å²) in [6.07, 6.45) is 3.53. The van der Waals surface area contributed by atoms with Gasteiger partial charge >= 0.3 is 0 Å². The quantitative estimate of drug-likeness (QED) is 0.801. The van der Waals surface area contributed by atoms with E-state index in [-0.39, 0.29) is 18.3 Å². The van der Waals surface area contributed by atoms with E-state index in [1.54, 1.807) is 7.11 Å². The molecular formula is C14H22BrClN2O2S. The molecule has 120 valence electrons. The predicted octanol–water partition coefficient (Wildman–Crippen LogP) is 3.37. The lowest BCUT2D eigenvalue weighted by Crippen LogP contribution is -2.33. The molecule has 2 rings (SSSR count). The molecule has 1 atom stereocenters. The van der Waals surface area contributed by atoms with Crippen molar-refractivity contribution in [2.24, 2.45) is 5.92 Å². The minimum atomic E-state index is -0.0376. The number of carbonyl (C=O) groups is 1. The minimum absolute atomic E-state index is 0. The topological polar surface area (TPSA) is 50.4 Å². The average molecular weight is 398 g/mol. The van der Waals surface area contributed by atoms with Gasteiger partial charge in [-0.25, -0.2) is 0 Å². The van der Waals surface area contributed by atoms with Crippen LogP contribution in [0.1, 0.15) is 33.8 Å². The Morgan fingerprint density at radius 1 is 1.57 bits per heavy atom. The molecule has 1 aromatic heterocycles. The molecule has 2 N–H and O–H groups in total. The van der Waals surface area contributed by atoms with E-state index >= 15 is 0 Å². The van der Waals surface area contributed by atoms with Crippen molar-refractivity contribution in [1.82, 2.24) is 10.6 Å². The second-order valence-electron chi connectivity index (χ2n) is 5.09. The molecule has 1 aromatic rings. The molecule has 1 amide bonds. The zero-order valence-corrected chi connectivity index (χ0v) is 15.5. The molecule has 0 radical (unpaired) electrons. The molecule has 0 saturated carbocycles. The van der Waals surface area contributed by atoms with Crippen molar-refractivity contribution in [2.75, 3.05) is 26.7 Å². The van der Waals surface area contributed by atoms with Crippen molar-refractivity contribution in [3.8, 4) is 5.75 Å². The molecule has 0 spiro atoms. The van der Waals surface area contributed by atoms with Gasteiger partial charge in [-0.05, 0) is 61.1 Å². The van der Waals surface area contributed by atoms with Crippen molar-refractivity contribution < 1.29 is 9.53 Å². The molecule has 1 unspecified atom stereocenters. The number of piperidine rings is 1. The fraction of sp³-hybridized carbons (Fsp3) is 0.643. The van der Waals surface area contributed by atoms with Gasteiger partial charge in [-0.15, -0.1) is 23.7 Å². The summed E-state index contributed by atoms with van der Waals surface area (Å²) < 4.78 is 6.19. The fourth-order valence-electron chi connectivity index (χ4n) is 2.48. The molecule has 21 heavy (non-hydrogen) atoms. The first-order valence-electron chi connectivity index (χ1n) is 6.95. The number of hydrogen-bond donors (Lipinski definition) is 2. The van der Waals surface area contributed by atoms with Gasteiger partial charge < -0.3 is 15.4 Å². The van der Waals surface area contributed by atoms with Crippen LogP contribution in [0.4, 0.5) is 0 Å². The van der Waals surface area contributed by atoms with E-state index in [2.05, 4.69) is 26.6 Å². The molecule has 1 aliphatic rings. The summed E-state index contributed by atoms with van der Waals surface area (Å²) in [6.45, 7) is 4.90. The fourth-order valence-corrected chi connectivity index (χ4v) is 4.14. The van der Waals surface area contributed by atoms with Gasteiger partial charge in [0.1, 0.15) is 4.88 Å². The third-order valence-electron chi connectivity index (χ3n) is 3.62. The average Bonchev–Trinajstić information content (AvgIpc) is 2.75. The Bertz CT molecular complexity index is 476. The second kappa shape index (κ2) is 8.98. The van der Waals surface area contributed by atoms with Crippen molar-refractivity contribution in [1.29, 1.82) is 0 Å². The molecular weight excluding hydrogens is 376 g/mol. The zero-order chi connectivity index (χ0) is 14.5. The smallest absolute Gasteiger partial charge is 0.265 e. The van der Waals surface area contributed by atoms with Gasteiger partial charge in [0.25, 0.3) is 5.91 Å². The third-order valence-corrected chi connectivity index (χ3v) is 5.92. The van der Waals surface area contributed by atoms with Gasteiger partial charge in [-0.1, -0.05) is 0 Å². The Kier molecular flexibility index (Phi) is 8.02. The van der Waals surface area contributed by atoms with Crippen molar-refractivity contribution in [2.45, 2.75) is 26.2 Å². The first-order valence-corrected chi connectivity index (χ1v) is 8.56. The molecule has 0 bridgehead atoms. The summed E-state index contributed by atoms with van der Waals surface area (Å²) in [4.78, 5) is 13.9. The Labute approximate surface area is 144 Å². The molecule has 0 aromatic carbocycles. The Morgan fingerprint density at radius 2 is 2.33 bits per heavy atom.